The van der Waals surface area contributed by atoms with Crippen LogP contribution in [0.25, 0.3) is 16.6 Å². The number of aromatic nitrogens is 2. The topological polar surface area (TPSA) is 148 Å². The summed E-state index contributed by atoms with van der Waals surface area (Å²) in [5, 5.41) is 19.4. The number of pyridine rings is 2. The molecule has 0 atom stereocenters. The number of hydrogen-bond donors (Lipinski definition) is 3. The molecule has 2 aromatic heterocycles. The molecule has 0 spiro atoms. The Hall–Kier alpha value is -3.86. The number of primary amides is 1. The van der Waals surface area contributed by atoms with Crippen LogP contribution in [0.2, 0.25) is 0 Å². The number of nitrogen functional groups attached to an aromatic ring is 1. The number of benzene rings is 1. The van der Waals surface area contributed by atoms with Gasteiger partial charge < -0.3 is 16.6 Å². The average molecular weight is 363 g/mol. The van der Waals surface area contributed by atoms with E-state index in [1.54, 1.807) is 26.8 Å². The third kappa shape index (κ3) is 2.57. The second-order valence-corrected chi connectivity index (χ2v) is 6.30. The molecule has 0 unspecified atom stereocenters. The van der Waals surface area contributed by atoms with E-state index >= 15 is 0 Å². The van der Waals surface area contributed by atoms with Crippen molar-refractivity contribution in [3.8, 4) is 17.5 Å². The van der Waals surface area contributed by atoms with Crippen molar-refractivity contribution in [3.63, 3.8) is 0 Å². The van der Waals surface area contributed by atoms with E-state index in [-0.39, 0.29) is 33.7 Å². The van der Waals surface area contributed by atoms with Gasteiger partial charge in [-0.05, 0) is 44.0 Å². The summed E-state index contributed by atoms with van der Waals surface area (Å²) in [6, 6.07) is 6.55. The van der Waals surface area contributed by atoms with Crippen molar-refractivity contribution in [1.29, 1.82) is 5.26 Å². The summed E-state index contributed by atoms with van der Waals surface area (Å²) in [5.41, 5.74) is 13.0. The molecule has 0 aliphatic rings. The van der Waals surface area contributed by atoms with Crippen molar-refractivity contribution in [2.45, 2.75) is 20.8 Å². The van der Waals surface area contributed by atoms with E-state index in [2.05, 4.69) is 4.98 Å². The molecule has 1 aromatic carbocycles. The van der Waals surface area contributed by atoms with E-state index in [0.29, 0.717) is 22.4 Å². The van der Waals surface area contributed by atoms with E-state index in [0.717, 1.165) is 4.57 Å². The van der Waals surface area contributed by atoms with Gasteiger partial charge >= 0.3 is 0 Å². The molecule has 0 saturated heterocycles. The summed E-state index contributed by atoms with van der Waals surface area (Å²) in [6.07, 6.45) is 0. The highest BCUT2D eigenvalue weighted by atomic mass is 16.3. The molecule has 136 valence electrons. The van der Waals surface area contributed by atoms with Crippen LogP contribution < -0.4 is 17.0 Å². The lowest BCUT2D eigenvalue weighted by Gasteiger charge is -2.19. The Morgan fingerprint density at radius 1 is 1.26 bits per heavy atom. The maximum absolute atomic E-state index is 13.2. The second-order valence-electron chi connectivity index (χ2n) is 6.30. The third-order valence-corrected chi connectivity index (χ3v) is 4.56. The number of aromatic hydroxyl groups is 1. The van der Waals surface area contributed by atoms with Crippen molar-refractivity contribution < 1.29 is 9.90 Å². The van der Waals surface area contributed by atoms with Gasteiger partial charge in [-0.2, -0.15) is 5.26 Å². The Balaban J connectivity index is 2.62. The van der Waals surface area contributed by atoms with Crippen molar-refractivity contribution in [1.82, 2.24) is 9.55 Å². The minimum atomic E-state index is -0.873. The Bertz CT molecular complexity index is 1240. The van der Waals surface area contributed by atoms with Gasteiger partial charge in [-0.1, -0.05) is 6.07 Å². The van der Waals surface area contributed by atoms with Crippen LogP contribution in [0.1, 0.15) is 32.7 Å². The average Bonchev–Trinajstić information content (AvgIpc) is 2.61. The first-order chi connectivity index (χ1) is 12.7. The zero-order valence-electron chi connectivity index (χ0n) is 15.0. The zero-order valence-corrected chi connectivity index (χ0v) is 15.0. The molecule has 0 fully saturated rings. The number of nitrogens with two attached hydrogens (primary N) is 2. The third-order valence-electron chi connectivity index (χ3n) is 4.56. The molecule has 2 heterocycles. The summed E-state index contributed by atoms with van der Waals surface area (Å²) in [4.78, 5) is 29.5. The SMILES string of the molecule is Cc1cc2c(=O)n(-c3c(C)ccc(O)c3C)c(N)c(C(N)=O)c2nc1C#N. The number of phenols is 1. The molecule has 8 nitrogen and oxygen atoms in total. The number of anilines is 1. The molecule has 3 aromatic rings. The summed E-state index contributed by atoms with van der Waals surface area (Å²) in [7, 11) is 0. The first-order valence-corrected chi connectivity index (χ1v) is 8.04. The van der Waals surface area contributed by atoms with Gasteiger partial charge in [-0.25, -0.2) is 4.98 Å². The molecule has 0 radical (unpaired) electrons. The first-order valence-electron chi connectivity index (χ1n) is 8.04. The predicted octanol–water partition coefficient (Wildman–Crippen LogP) is 1.57. The van der Waals surface area contributed by atoms with Gasteiger partial charge in [0.05, 0.1) is 16.6 Å². The molecule has 27 heavy (non-hydrogen) atoms. The Kier molecular flexibility index (Phi) is 4.08. The number of carbonyl (C=O) groups excluding carboxylic acids is 1. The van der Waals surface area contributed by atoms with Crippen molar-refractivity contribution in [3.05, 3.63) is 56.5 Å². The number of rotatable bonds is 2. The molecule has 5 N–H and O–H groups in total. The first kappa shape index (κ1) is 17.9. The van der Waals surface area contributed by atoms with Gasteiger partial charge in [0, 0.05) is 5.56 Å². The van der Waals surface area contributed by atoms with Crippen molar-refractivity contribution >= 4 is 22.6 Å². The fraction of sp³-hybridized carbons (Fsp3) is 0.158. The van der Waals surface area contributed by atoms with E-state index in [1.165, 1.54) is 12.1 Å². The quantitative estimate of drug-likeness (QED) is 0.629. The number of hydrogen-bond acceptors (Lipinski definition) is 6. The number of nitrogens with zero attached hydrogens (tertiary/aromatic N) is 3. The number of phenolic OH excluding ortho intramolecular Hbond substituents is 1. The van der Waals surface area contributed by atoms with Crippen molar-refractivity contribution in [2.75, 3.05) is 5.73 Å². The maximum atomic E-state index is 13.2. The number of amides is 1. The summed E-state index contributed by atoms with van der Waals surface area (Å²) < 4.78 is 1.15. The number of nitriles is 1. The highest BCUT2D eigenvalue weighted by Crippen LogP contribution is 2.30. The number of fused-ring (bicyclic) bond motifs is 1. The van der Waals surface area contributed by atoms with E-state index in [1.807, 2.05) is 6.07 Å². The molecule has 0 bridgehead atoms. The maximum Gasteiger partial charge on any atom is 0.266 e. The van der Waals surface area contributed by atoms with Gasteiger partial charge in [-0.3, -0.25) is 14.2 Å². The zero-order chi connectivity index (χ0) is 20.0. The Labute approximate surface area is 154 Å². The molecule has 0 aliphatic heterocycles. The molecule has 0 saturated carbocycles. The van der Waals surface area contributed by atoms with E-state index in [9.17, 15) is 20.0 Å². The lowest BCUT2D eigenvalue weighted by atomic mass is 10.0. The monoisotopic (exact) mass is 363 g/mol. The Morgan fingerprint density at radius 2 is 1.93 bits per heavy atom. The van der Waals surface area contributed by atoms with Gasteiger partial charge in [0.25, 0.3) is 11.5 Å². The summed E-state index contributed by atoms with van der Waals surface area (Å²) in [5.74, 6) is -1.09. The second kappa shape index (κ2) is 6.14. The van der Waals surface area contributed by atoms with Crippen LogP contribution in [0.5, 0.6) is 5.75 Å². The van der Waals surface area contributed by atoms with Gasteiger partial charge in [-0.15, -0.1) is 0 Å². The highest BCUT2D eigenvalue weighted by molar-refractivity contribution is 6.08. The van der Waals surface area contributed by atoms with Gasteiger partial charge in [0.15, 0.2) is 0 Å². The molecule has 0 aliphatic carbocycles. The molecule has 8 heteroatoms. The van der Waals surface area contributed by atoms with Crippen LogP contribution in [0, 0.1) is 32.1 Å². The summed E-state index contributed by atoms with van der Waals surface area (Å²) >= 11 is 0. The lowest BCUT2D eigenvalue weighted by molar-refractivity contribution is 0.100. The smallest absolute Gasteiger partial charge is 0.266 e. The van der Waals surface area contributed by atoms with Crippen LogP contribution in [0.3, 0.4) is 0 Å². The molecular formula is C19H17N5O3. The molecule has 1 amide bonds. The van der Waals surface area contributed by atoms with E-state index in [4.69, 9.17) is 11.5 Å². The minimum absolute atomic E-state index is 0.0149. The number of aryl methyl sites for hydroxylation is 2. The number of carbonyl (C=O) groups is 1. The molecular weight excluding hydrogens is 346 g/mol. The predicted molar refractivity (Wildman–Crippen MR) is 101 cm³/mol. The van der Waals surface area contributed by atoms with Gasteiger partial charge in [0.2, 0.25) is 0 Å². The van der Waals surface area contributed by atoms with Crippen LogP contribution in [0.4, 0.5) is 5.82 Å². The minimum Gasteiger partial charge on any atom is -0.508 e. The fourth-order valence-electron chi connectivity index (χ4n) is 3.18. The largest absolute Gasteiger partial charge is 0.508 e. The Morgan fingerprint density at radius 3 is 2.52 bits per heavy atom. The van der Waals surface area contributed by atoms with Crippen LogP contribution in [0.15, 0.2) is 23.0 Å². The van der Waals surface area contributed by atoms with Crippen molar-refractivity contribution in [2.24, 2.45) is 5.73 Å². The normalized spacial score (nSPS) is 10.7. The lowest BCUT2D eigenvalue weighted by Crippen LogP contribution is -2.28. The summed E-state index contributed by atoms with van der Waals surface area (Å²) in [6.45, 7) is 5.03. The van der Waals surface area contributed by atoms with Crippen LogP contribution in [-0.2, 0) is 0 Å². The van der Waals surface area contributed by atoms with E-state index < -0.39 is 11.5 Å². The molecule has 3 rings (SSSR count). The highest BCUT2D eigenvalue weighted by Gasteiger charge is 2.24. The van der Waals surface area contributed by atoms with Crippen LogP contribution >= 0.6 is 0 Å². The standard InChI is InChI=1S/C19H17N5O3/c1-8-4-5-13(25)10(3)16(8)24-17(21)14(18(22)26)15-11(19(24)27)6-9(2)12(7-20)23-15/h4-6,25H,21H2,1-3H3,(H2,22,26). The van der Waals surface area contributed by atoms with Crippen LogP contribution in [-0.4, -0.2) is 20.6 Å². The van der Waals surface area contributed by atoms with Gasteiger partial charge in [0.1, 0.15) is 28.9 Å². The fourth-order valence-corrected chi connectivity index (χ4v) is 3.18.